The Balaban J connectivity index is 2.20. The first-order valence-corrected chi connectivity index (χ1v) is 11.1. The number of carbonyl (C=O) groups is 2. The molecule has 0 heterocycles. The van der Waals surface area contributed by atoms with Gasteiger partial charge in [0.15, 0.2) is 0 Å². The average Bonchev–Trinajstić information content (AvgIpc) is 2.78. The maximum Gasteiger partial charge on any atom is 0.338 e. The number of benzene rings is 2. The molecule has 5 nitrogen and oxygen atoms in total. The Morgan fingerprint density at radius 3 is 2.22 bits per heavy atom. The Hall–Kier alpha value is -2.92. The summed E-state index contributed by atoms with van der Waals surface area (Å²) in [6.45, 7) is 11.5. The molecule has 0 aliphatic heterocycles. The summed E-state index contributed by atoms with van der Waals surface area (Å²) in [7, 11) is 1.32. The van der Waals surface area contributed by atoms with Gasteiger partial charge in [-0.3, -0.25) is 4.90 Å². The number of ether oxygens (including phenoxy) is 2. The summed E-state index contributed by atoms with van der Waals surface area (Å²) in [6.07, 6.45) is 2.88. The van der Waals surface area contributed by atoms with Gasteiger partial charge in [-0.1, -0.05) is 42.5 Å². The van der Waals surface area contributed by atoms with Crippen molar-refractivity contribution < 1.29 is 19.1 Å². The van der Waals surface area contributed by atoms with Crippen LogP contribution in [0.4, 0.5) is 0 Å². The van der Waals surface area contributed by atoms with Crippen molar-refractivity contribution in [2.45, 2.75) is 59.0 Å². The third-order valence-corrected chi connectivity index (χ3v) is 5.49. The lowest BCUT2D eigenvalue weighted by Crippen LogP contribution is -2.38. The second kappa shape index (κ2) is 12.2. The molecule has 5 heteroatoms. The van der Waals surface area contributed by atoms with E-state index in [1.807, 2.05) is 24.3 Å². The fraction of sp³-hybridized carbons (Fsp3) is 0.407. The van der Waals surface area contributed by atoms with Crippen molar-refractivity contribution in [1.82, 2.24) is 4.90 Å². The van der Waals surface area contributed by atoms with Gasteiger partial charge in [0.25, 0.3) is 0 Å². The second-order valence-corrected chi connectivity index (χ2v) is 8.49. The minimum atomic E-state index is -0.473. The normalized spacial score (nSPS) is 12.8. The van der Waals surface area contributed by atoms with Gasteiger partial charge in [-0.2, -0.15) is 0 Å². The van der Waals surface area contributed by atoms with Gasteiger partial charge >= 0.3 is 11.9 Å². The van der Waals surface area contributed by atoms with Gasteiger partial charge < -0.3 is 9.47 Å². The zero-order chi connectivity index (χ0) is 23.7. The summed E-state index contributed by atoms with van der Waals surface area (Å²) in [4.78, 5) is 27.0. The van der Waals surface area contributed by atoms with Crippen LogP contribution >= 0.6 is 0 Å². The highest BCUT2D eigenvalue weighted by atomic mass is 16.5. The van der Waals surface area contributed by atoms with Crippen LogP contribution in [0, 0.1) is 0 Å². The summed E-state index contributed by atoms with van der Waals surface area (Å²) in [5.74, 6) is -0.505. The van der Waals surface area contributed by atoms with E-state index >= 15 is 0 Å². The van der Waals surface area contributed by atoms with E-state index < -0.39 is 11.9 Å². The van der Waals surface area contributed by atoms with E-state index in [-0.39, 0.29) is 5.92 Å². The molecule has 0 spiro atoms. The first-order chi connectivity index (χ1) is 15.2. The smallest absolute Gasteiger partial charge is 0.338 e. The van der Waals surface area contributed by atoms with Crippen molar-refractivity contribution in [3.8, 4) is 5.75 Å². The van der Waals surface area contributed by atoms with E-state index in [0.29, 0.717) is 29.0 Å². The number of rotatable bonds is 10. The van der Waals surface area contributed by atoms with Crippen molar-refractivity contribution >= 4 is 11.9 Å². The molecule has 0 radical (unpaired) electrons. The summed E-state index contributed by atoms with van der Waals surface area (Å²) < 4.78 is 10.3. The van der Waals surface area contributed by atoms with Crippen LogP contribution in [0.25, 0.3) is 0 Å². The lowest BCUT2D eigenvalue weighted by Gasteiger charge is -2.31. The Morgan fingerprint density at radius 2 is 1.62 bits per heavy atom. The first kappa shape index (κ1) is 25.3. The number of carbonyl (C=O) groups excluding carboxylic acids is 2. The Morgan fingerprint density at radius 1 is 0.969 bits per heavy atom. The second-order valence-electron chi connectivity index (χ2n) is 8.49. The molecule has 0 amide bonds. The van der Waals surface area contributed by atoms with Crippen molar-refractivity contribution in [2.24, 2.45) is 0 Å². The minimum Gasteiger partial charge on any atom is -0.465 e. The zero-order valence-electron chi connectivity index (χ0n) is 20.0. The van der Waals surface area contributed by atoms with Gasteiger partial charge in [0.2, 0.25) is 0 Å². The van der Waals surface area contributed by atoms with E-state index in [4.69, 9.17) is 9.47 Å². The van der Waals surface area contributed by atoms with Crippen molar-refractivity contribution in [3.05, 3.63) is 77.4 Å². The molecule has 0 bridgehead atoms. The predicted octanol–water partition coefficient (Wildman–Crippen LogP) is 5.62. The maximum atomic E-state index is 12.8. The lowest BCUT2D eigenvalue weighted by atomic mass is 9.93. The van der Waals surface area contributed by atoms with E-state index in [9.17, 15) is 9.59 Å². The molecule has 0 fully saturated rings. The third kappa shape index (κ3) is 7.34. The van der Waals surface area contributed by atoms with Gasteiger partial charge in [-0.25, -0.2) is 9.59 Å². The Labute approximate surface area is 192 Å². The van der Waals surface area contributed by atoms with Crippen LogP contribution in [0.5, 0.6) is 5.75 Å². The average molecular weight is 438 g/mol. The monoisotopic (exact) mass is 437 g/mol. The molecular weight excluding hydrogens is 402 g/mol. The molecule has 0 saturated carbocycles. The molecule has 0 aliphatic carbocycles. The van der Waals surface area contributed by atoms with E-state index in [2.05, 4.69) is 44.7 Å². The van der Waals surface area contributed by atoms with Crippen LogP contribution in [0.15, 0.2) is 66.2 Å². The minimum absolute atomic E-state index is 0.0881. The van der Waals surface area contributed by atoms with E-state index in [1.165, 1.54) is 18.7 Å². The standard InChI is InChI=1S/C27H35NO4/c1-19(2)28(20(3)4)16-15-23(22-11-8-7-9-12-22)17-21(5)26(29)32-25-14-10-13-24(18-25)27(30)31-6/h7-14,17-20,23H,15-16H2,1-6H3/b21-17+/t23-/m1/s1. The van der Waals surface area contributed by atoms with E-state index in [0.717, 1.165) is 13.0 Å². The molecule has 2 aromatic carbocycles. The predicted molar refractivity (Wildman–Crippen MR) is 128 cm³/mol. The molecule has 0 N–H and O–H groups in total. The number of esters is 2. The molecule has 32 heavy (non-hydrogen) atoms. The first-order valence-electron chi connectivity index (χ1n) is 11.1. The van der Waals surface area contributed by atoms with E-state index in [1.54, 1.807) is 25.1 Å². The molecule has 1 atom stereocenters. The number of nitrogens with zero attached hydrogens (tertiary/aromatic N) is 1. The van der Waals surface area contributed by atoms with Crippen molar-refractivity contribution in [3.63, 3.8) is 0 Å². The van der Waals surface area contributed by atoms with Gasteiger partial charge in [-0.05, 0) is 71.3 Å². The third-order valence-electron chi connectivity index (χ3n) is 5.49. The molecule has 0 unspecified atom stereocenters. The number of methoxy groups -OCH3 is 1. The summed E-state index contributed by atoms with van der Waals surface area (Å²) in [5.41, 5.74) is 2.03. The number of hydrogen-bond donors (Lipinski definition) is 0. The van der Waals surface area contributed by atoms with Crippen LogP contribution in [0.1, 0.15) is 62.9 Å². The van der Waals surface area contributed by atoms with Crippen molar-refractivity contribution in [2.75, 3.05) is 13.7 Å². The molecular formula is C27H35NO4. The maximum absolute atomic E-state index is 12.8. The summed E-state index contributed by atoms with van der Waals surface area (Å²) >= 11 is 0. The Kier molecular flexibility index (Phi) is 9.66. The Bertz CT molecular complexity index is 910. The lowest BCUT2D eigenvalue weighted by molar-refractivity contribution is -0.130. The number of allylic oxidation sites excluding steroid dienone is 1. The van der Waals surface area contributed by atoms with Crippen LogP contribution in [0.3, 0.4) is 0 Å². The topological polar surface area (TPSA) is 55.8 Å². The highest BCUT2D eigenvalue weighted by Crippen LogP contribution is 2.25. The highest BCUT2D eigenvalue weighted by molar-refractivity contribution is 5.91. The molecule has 0 saturated heterocycles. The van der Waals surface area contributed by atoms with Gasteiger partial charge in [0.05, 0.1) is 12.7 Å². The van der Waals surface area contributed by atoms with Gasteiger partial charge in [0.1, 0.15) is 5.75 Å². The largest absolute Gasteiger partial charge is 0.465 e. The van der Waals surface area contributed by atoms with Crippen molar-refractivity contribution in [1.29, 1.82) is 0 Å². The summed E-state index contributed by atoms with van der Waals surface area (Å²) in [5, 5.41) is 0. The van der Waals surface area contributed by atoms with Crippen LogP contribution in [-0.4, -0.2) is 42.6 Å². The quantitative estimate of drug-likeness (QED) is 0.274. The molecule has 2 rings (SSSR count). The zero-order valence-corrected chi connectivity index (χ0v) is 20.0. The van der Waals surface area contributed by atoms with Gasteiger partial charge in [0, 0.05) is 23.6 Å². The number of hydrogen-bond acceptors (Lipinski definition) is 5. The van der Waals surface area contributed by atoms with Crippen LogP contribution < -0.4 is 4.74 Å². The molecule has 0 aromatic heterocycles. The highest BCUT2D eigenvalue weighted by Gasteiger charge is 2.18. The van der Waals surface area contributed by atoms with Crippen LogP contribution in [-0.2, 0) is 9.53 Å². The van der Waals surface area contributed by atoms with Gasteiger partial charge in [-0.15, -0.1) is 0 Å². The fourth-order valence-electron chi connectivity index (χ4n) is 3.81. The molecule has 172 valence electrons. The molecule has 0 aliphatic rings. The SMILES string of the molecule is COC(=O)c1cccc(OC(=O)/C(C)=C/[C@@H](CCN(C(C)C)C(C)C)c2ccccc2)c1. The molecule has 2 aromatic rings. The fourth-order valence-corrected chi connectivity index (χ4v) is 3.81. The summed E-state index contributed by atoms with van der Waals surface area (Å²) in [6, 6.07) is 17.5. The van der Waals surface area contributed by atoms with Crippen LogP contribution in [0.2, 0.25) is 0 Å².